The van der Waals surface area contributed by atoms with Gasteiger partial charge in [-0.3, -0.25) is 9.59 Å². The maximum absolute atomic E-state index is 12.1. The van der Waals surface area contributed by atoms with Gasteiger partial charge in [0.1, 0.15) is 5.60 Å². The molecular formula is C23H40N2O7. The van der Waals surface area contributed by atoms with E-state index in [1.807, 2.05) is 0 Å². The van der Waals surface area contributed by atoms with Gasteiger partial charge in [-0.1, -0.05) is 32.6 Å². The SMILES string of the molecule is C#CCCCCCCCCC(=O)N[C@@](C)(CNC(=O)OC(C)(C)C)C(=O)O.CCC(=O)O. The number of carboxylic acids is 2. The van der Waals surface area contributed by atoms with E-state index < -0.39 is 29.2 Å². The molecule has 0 radical (unpaired) electrons. The molecule has 9 heteroatoms. The van der Waals surface area contributed by atoms with E-state index >= 15 is 0 Å². The summed E-state index contributed by atoms with van der Waals surface area (Å²) in [6, 6.07) is 0. The number of amides is 2. The first-order chi connectivity index (χ1) is 14.8. The first-order valence-corrected chi connectivity index (χ1v) is 10.9. The number of hydrogen-bond donors (Lipinski definition) is 4. The van der Waals surface area contributed by atoms with Crippen LogP contribution in [0.5, 0.6) is 0 Å². The average molecular weight is 457 g/mol. The molecule has 1 atom stereocenters. The molecule has 184 valence electrons. The van der Waals surface area contributed by atoms with Crippen LogP contribution in [0, 0.1) is 12.3 Å². The van der Waals surface area contributed by atoms with Crippen LogP contribution < -0.4 is 10.6 Å². The number of terminal acetylenes is 1. The van der Waals surface area contributed by atoms with E-state index in [9.17, 15) is 24.3 Å². The van der Waals surface area contributed by atoms with Crippen LogP contribution >= 0.6 is 0 Å². The number of carboxylic acid groups (broad SMARTS) is 2. The molecule has 2 amide bonds. The fourth-order valence-corrected chi connectivity index (χ4v) is 2.33. The Kier molecular flexibility index (Phi) is 16.6. The number of ether oxygens (including phenoxy) is 1. The van der Waals surface area contributed by atoms with Gasteiger partial charge in [-0.25, -0.2) is 9.59 Å². The molecule has 0 heterocycles. The number of alkyl carbamates (subject to hydrolysis) is 1. The standard InChI is InChI=1S/C20H34N2O5.C3H6O2/c1-6-7-8-9-10-11-12-13-14-16(23)22-20(5,17(24)25)15-21-18(26)27-19(2,3)4;1-2-3(4)5/h1H,7-15H2,2-5H3,(H,21,26)(H,22,23)(H,24,25);2H2,1H3,(H,4,5)/t20-;/m0./s1. The van der Waals surface area contributed by atoms with Gasteiger partial charge in [0.25, 0.3) is 0 Å². The molecule has 0 aliphatic rings. The topological polar surface area (TPSA) is 142 Å². The lowest BCUT2D eigenvalue weighted by Gasteiger charge is -2.27. The number of rotatable bonds is 13. The van der Waals surface area contributed by atoms with Crippen molar-refractivity contribution in [2.24, 2.45) is 0 Å². The Morgan fingerprint density at radius 1 is 0.938 bits per heavy atom. The second kappa shape index (κ2) is 16.9. The Morgan fingerprint density at radius 2 is 1.44 bits per heavy atom. The van der Waals surface area contributed by atoms with Crippen molar-refractivity contribution < 1.29 is 34.1 Å². The zero-order valence-electron chi connectivity index (χ0n) is 20.1. The highest BCUT2D eigenvalue weighted by atomic mass is 16.6. The molecule has 0 spiro atoms. The highest BCUT2D eigenvalue weighted by Crippen LogP contribution is 2.11. The minimum absolute atomic E-state index is 0.222. The first kappa shape index (κ1) is 31.4. The van der Waals surface area contributed by atoms with E-state index in [4.69, 9.17) is 16.3 Å². The van der Waals surface area contributed by atoms with Crippen LogP contribution in [0.25, 0.3) is 0 Å². The zero-order valence-corrected chi connectivity index (χ0v) is 20.1. The number of unbranched alkanes of at least 4 members (excludes halogenated alkanes) is 6. The summed E-state index contributed by atoms with van der Waals surface area (Å²) in [5.74, 6) is 0.293. The second-order valence-corrected chi connectivity index (χ2v) is 8.61. The normalized spacial score (nSPS) is 12.2. The molecule has 4 N–H and O–H groups in total. The molecule has 0 unspecified atom stereocenters. The van der Waals surface area contributed by atoms with Gasteiger partial charge in [-0.15, -0.1) is 12.3 Å². The Bertz CT molecular complexity index is 635. The molecule has 0 aromatic rings. The number of carbonyl (C=O) groups is 4. The fourth-order valence-electron chi connectivity index (χ4n) is 2.33. The molecule has 0 rings (SSSR count). The van der Waals surface area contributed by atoms with Crippen LogP contribution in [0.4, 0.5) is 4.79 Å². The monoisotopic (exact) mass is 456 g/mol. The molecule has 0 fully saturated rings. The summed E-state index contributed by atoms with van der Waals surface area (Å²) >= 11 is 0. The molecule has 0 aliphatic carbocycles. The summed E-state index contributed by atoms with van der Waals surface area (Å²) in [6.45, 7) is 7.82. The Morgan fingerprint density at radius 3 is 1.88 bits per heavy atom. The maximum Gasteiger partial charge on any atom is 0.407 e. The number of nitrogens with one attached hydrogen (secondary N) is 2. The van der Waals surface area contributed by atoms with Crippen molar-refractivity contribution >= 4 is 23.9 Å². The van der Waals surface area contributed by atoms with E-state index in [-0.39, 0.29) is 25.3 Å². The number of carbonyl (C=O) groups excluding carboxylic acids is 2. The van der Waals surface area contributed by atoms with Crippen molar-refractivity contribution in [1.82, 2.24) is 10.6 Å². The highest BCUT2D eigenvalue weighted by Gasteiger charge is 2.35. The Hall–Kier alpha value is -2.76. The van der Waals surface area contributed by atoms with E-state index in [1.54, 1.807) is 27.7 Å². The van der Waals surface area contributed by atoms with Crippen molar-refractivity contribution in [3.63, 3.8) is 0 Å². The quantitative estimate of drug-likeness (QED) is 0.244. The minimum atomic E-state index is -1.59. The fraction of sp³-hybridized carbons (Fsp3) is 0.739. The second-order valence-electron chi connectivity index (χ2n) is 8.61. The lowest BCUT2D eigenvalue weighted by atomic mass is 10.0. The van der Waals surface area contributed by atoms with Gasteiger partial charge in [-0.2, -0.15) is 0 Å². The summed E-state index contributed by atoms with van der Waals surface area (Å²) in [7, 11) is 0. The van der Waals surface area contributed by atoms with Crippen LogP contribution in [-0.4, -0.2) is 51.8 Å². The highest BCUT2D eigenvalue weighted by molar-refractivity contribution is 5.87. The van der Waals surface area contributed by atoms with Crippen LogP contribution in [0.2, 0.25) is 0 Å². The van der Waals surface area contributed by atoms with Crippen molar-refractivity contribution in [1.29, 1.82) is 0 Å². The average Bonchev–Trinajstić information content (AvgIpc) is 2.67. The third kappa shape index (κ3) is 19.2. The van der Waals surface area contributed by atoms with Crippen molar-refractivity contribution in [3.8, 4) is 12.3 Å². The Labute approximate surface area is 191 Å². The molecule has 0 saturated heterocycles. The van der Waals surface area contributed by atoms with E-state index in [1.165, 1.54) is 6.92 Å². The van der Waals surface area contributed by atoms with Crippen LogP contribution in [-0.2, 0) is 19.1 Å². The molecule has 0 aromatic carbocycles. The summed E-state index contributed by atoms with van der Waals surface area (Å²) in [5, 5.41) is 22.0. The molecule has 9 nitrogen and oxygen atoms in total. The van der Waals surface area contributed by atoms with Gasteiger partial charge < -0.3 is 25.6 Å². The zero-order chi connectivity index (χ0) is 25.2. The van der Waals surface area contributed by atoms with Crippen molar-refractivity contribution in [2.45, 2.75) is 104 Å². The summed E-state index contributed by atoms with van der Waals surface area (Å²) in [4.78, 5) is 44.7. The molecule has 0 aliphatic heterocycles. The number of hydrogen-bond acceptors (Lipinski definition) is 5. The third-order valence-corrected chi connectivity index (χ3v) is 4.15. The molecular weight excluding hydrogens is 416 g/mol. The van der Waals surface area contributed by atoms with Gasteiger partial charge in [0.05, 0.1) is 6.54 Å². The van der Waals surface area contributed by atoms with Gasteiger partial charge in [0.2, 0.25) is 5.91 Å². The van der Waals surface area contributed by atoms with Crippen molar-refractivity contribution in [3.05, 3.63) is 0 Å². The van der Waals surface area contributed by atoms with E-state index in [0.717, 1.165) is 38.5 Å². The van der Waals surface area contributed by atoms with Crippen LogP contribution in [0.1, 0.15) is 92.4 Å². The van der Waals surface area contributed by atoms with Gasteiger partial charge in [-0.05, 0) is 40.5 Å². The molecule has 32 heavy (non-hydrogen) atoms. The van der Waals surface area contributed by atoms with Crippen LogP contribution in [0.15, 0.2) is 0 Å². The van der Waals surface area contributed by atoms with Gasteiger partial charge in [0.15, 0.2) is 5.54 Å². The third-order valence-electron chi connectivity index (χ3n) is 4.15. The summed E-state index contributed by atoms with van der Waals surface area (Å²) in [6.07, 6.45) is 11.5. The first-order valence-electron chi connectivity index (χ1n) is 10.9. The smallest absolute Gasteiger partial charge is 0.407 e. The number of aliphatic carboxylic acids is 2. The summed E-state index contributed by atoms with van der Waals surface area (Å²) < 4.78 is 5.08. The minimum Gasteiger partial charge on any atom is -0.481 e. The molecule has 0 bridgehead atoms. The Balaban J connectivity index is 0. The van der Waals surface area contributed by atoms with Crippen LogP contribution in [0.3, 0.4) is 0 Å². The largest absolute Gasteiger partial charge is 0.481 e. The van der Waals surface area contributed by atoms with Gasteiger partial charge >= 0.3 is 18.0 Å². The maximum atomic E-state index is 12.1. The van der Waals surface area contributed by atoms with Crippen molar-refractivity contribution in [2.75, 3.05) is 6.54 Å². The lowest BCUT2D eigenvalue weighted by molar-refractivity contribution is -0.146. The van der Waals surface area contributed by atoms with Gasteiger partial charge in [0, 0.05) is 19.3 Å². The van der Waals surface area contributed by atoms with E-state index in [0.29, 0.717) is 6.42 Å². The molecule has 0 saturated carbocycles. The predicted molar refractivity (Wildman–Crippen MR) is 122 cm³/mol. The lowest BCUT2D eigenvalue weighted by Crippen LogP contribution is -2.59. The summed E-state index contributed by atoms with van der Waals surface area (Å²) in [5.41, 5.74) is -2.28. The van der Waals surface area contributed by atoms with E-state index in [2.05, 4.69) is 16.6 Å². The molecule has 0 aromatic heterocycles. The predicted octanol–water partition coefficient (Wildman–Crippen LogP) is 3.71.